The maximum Gasteiger partial charge on any atom is 0.407 e. The number of methoxy groups -OCH3 is 1. The molecule has 8 nitrogen and oxygen atoms in total. The fourth-order valence-corrected chi connectivity index (χ4v) is 3.59. The second kappa shape index (κ2) is 9.62. The third-order valence-corrected chi connectivity index (χ3v) is 5.00. The first kappa shape index (κ1) is 21.0. The highest BCUT2D eigenvalue weighted by Crippen LogP contribution is 2.44. The molecule has 0 aromatic heterocycles. The number of ether oxygens (including phenoxy) is 2. The zero-order valence-corrected chi connectivity index (χ0v) is 16.4. The van der Waals surface area contributed by atoms with Gasteiger partial charge in [0.15, 0.2) is 0 Å². The summed E-state index contributed by atoms with van der Waals surface area (Å²) in [5.41, 5.74) is 12.8. The van der Waals surface area contributed by atoms with Gasteiger partial charge in [-0.2, -0.15) is 4.79 Å². The van der Waals surface area contributed by atoms with Crippen molar-refractivity contribution >= 4 is 24.1 Å². The summed E-state index contributed by atoms with van der Waals surface area (Å²) in [5.74, 6) is -1.29. The van der Waals surface area contributed by atoms with Gasteiger partial charge in [-0.25, -0.2) is 9.59 Å². The van der Waals surface area contributed by atoms with Crippen molar-refractivity contribution < 1.29 is 28.6 Å². The van der Waals surface area contributed by atoms with Gasteiger partial charge < -0.3 is 20.3 Å². The van der Waals surface area contributed by atoms with Crippen LogP contribution >= 0.6 is 0 Å². The SMILES string of the molecule is COC(=O)[C@H](CCC(=O)C=[N+]=[N-])NC(=O)OCC1c2ccccc2-c2ccccc21. The molecule has 154 valence electrons. The molecular weight excluding hydrogens is 386 g/mol. The number of alkyl carbamates (subject to hydrolysis) is 1. The zero-order chi connectivity index (χ0) is 21.5. The van der Waals surface area contributed by atoms with E-state index in [2.05, 4.69) is 14.8 Å². The van der Waals surface area contributed by atoms with Crippen LogP contribution in [-0.4, -0.2) is 48.6 Å². The Morgan fingerprint density at radius 2 is 1.70 bits per heavy atom. The van der Waals surface area contributed by atoms with E-state index in [0.717, 1.165) is 28.5 Å². The fraction of sp³-hybridized carbons (Fsp3) is 0.273. The fourth-order valence-electron chi connectivity index (χ4n) is 3.59. The summed E-state index contributed by atoms with van der Waals surface area (Å²) >= 11 is 0. The molecule has 2 aromatic rings. The molecule has 1 aliphatic rings. The van der Waals surface area contributed by atoms with Crippen LogP contribution in [0.25, 0.3) is 16.7 Å². The Labute approximate surface area is 173 Å². The molecule has 2 aromatic carbocycles. The minimum atomic E-state index is -1.05. The van der Waals surface area contributed by atoms with Gasteiger partial charge in [0.25, 0.3) is 0 Å². The summed E-state index contributed by atoms with van der Waals surface area (Å²) < 4.78 is 10.1. The minimum Gasteiger partial charge on any atom is -0.467 e. The number of hydrogen-bond acceptors (Lipinski definition) is 5. The van der Waals surface area contributed by atoms with Crippen LogP contribution in [0.5, 0.6) is 0 Å². The first-order valence-corrected chi connectivity index (χ1v) is 9.44. The summed E-state index contributed by atoms with van der Waals surface area (Å²) in [4.78, 5) is 38.4. The lowest BCUT2D eigenvalue weighted by Crippen LogP contribution is -2.42. The van der Waals surface area contributed by atoms with Crippen molar-refractivity contribution in [3.05, 3.63) is 65.2 Å². The van der Waals surface area contributed by atoms with Crippen LogP contribution in [0.1, 0.15) is 29.9 Å². The molecule has 1 amide bonds. The zero-order valence-electron chi connectivity index (χ0n) is 16.4. The number of rotatable bonds is 8. The molecule has 0 bridgehead atoms. The quantitative estimate of drug-likeness (QED) is 0.312. The maximum atomic E-state index is 12.3. The van der Waals surface area contributed by atoms with E-state index in [0.29, 0.717) is 0 Å². The number of fused-ring (bicyclic) bond motifs is 3. The summed E-state index contributed by atoms with van der Waals surface area (Å²) in [6, 6.07) is 14.9. The van der Waals surface area contributed by atoms with Gasteiger partial charge in [-0.3, -0.25) is 4.79 Å². The molecule has 8 heteroatoms. The van der Waals surface area contributed by atoms with Gasteiger partial charge in [0.2, 0.25) is 5.78 Å². The molecule has 0 heterocycles. The lowest BCUT2D eigenvalue weighted by Gasteiger charge is -2.18. The summed E-state index contributed by atoms with van der Waals surface area (Å²) in [5, 5.41) is 2.44. The number of esters is 1. The van der Waals surface area contributed by atoms with Crippen molar-refractivity contribution in [3.63, 3.8) is 0 Å². The molecule has 0 fully saturated rings. The van der Waals surface area contributed by atoms with Gasteiger partial charge in [0.05, 0.1) is 7.11 Å². The molecule has 0 saturated heterocycles. The third-order valence-electron chi connectivity index (χ3n) is 5.00. The Bertz CT molecular complexity index is 968. The van der Waals surface area contributed by atoms with Crippen molar-refractivity contribution in [2.45, 2.75) is 24.8 Å². The molecular formula is C22H21N3O5. The number of amides is 1. The van der Waals surface area contributed by atoms with Crippen LogP contribution in [0.15, 0.2) is 48.5 Å². The summed E-state index contributed by atoms with van der Waals surface area (Å²) in [6.45, 7) is 0.101. The number of ketones is 1. The van der Waals surface area contributed by atoms with E-state index >= 15 is 0 Å². The highest BCUT2D eigenvalue weighted by molar-refractivity contribution is 6.25. The van der Waals surface area contributed by atoms with Crippen LogP contribution in [0.3, 0.4) is 0 Å². The van der Waals surface area contributed by atoms with Gasteiger partial charge in [-0.15, -0.1) is 0 Å². The number of carbonyl (C=O) groups is 3. The number of hydrogen-bond donors (Lipinski definition) is 1. The minimum absolute atomic E-state index is 0.0122. The van der Waals surface area contributed by atoms with E-state index in [9.17, 15) is 14.4 Å². The maximum absolute atomic E-state index is 12.3. The van der Waals surface area contributed by atoms with Crippen LogP contribution in [0, 0.1) is 0 Å². The predicted molar refractivity (Wildman–Crippen MR) is 108 cm³/mol. The smallest absolute Gasteiger partial charge is 0.407 e. The molecule has 0 unspecified atom stereocenters. The van der Waals surface area contributed by atoms with Gasteiger partial charge in [-0.1, -0.05) is 48.5 Å². The van der Waals surface area contributed by atoms with Crippen molar-refractivity contribution in [1.82, 2.24) is 5.32 Å². The van der Waals surface area contributed by atoms with E-state index in [1.165, 1.54) is 7.11 Å². The van der Waals surface area contributed by atoms with Crippen LogP contribution in [0.2, 0.25) is 0 Å². The number of nitrogens with zero attached hydrogens (tertiary/aromatic N) is 2. The van der Waals surface area contributed by atoms with Crippen LogP contribution < -0.4 is 5.32 Å². The van der Waals surface area contributed by atoms with Crippen LogP contribution in [-0.2, 0) is 19.1 Å². The Balaban J connectivity index is 1.65. The monoisotopic (exact) mass is 407 g/mol. The third kappa shape index (κ3) is 4.61. The first-order chi connectivity index (χ1) is 14.5. The Morgan fingerprint density at radius 3 is 2.27 bits per heavy atom. The van der Waals surface area contributed by atoms with Gasteiger partial charge in [0.1, 0.15) is 12.6 Å². The van der Waals surface area contributed by atoms with Crippen molar-refractivity contribution in [1.29, 1.82) is 0 Å². The molecule has 0 radical (unpaired) electrons. The molecule has 1 N–H and O–H groups in total. The topological polar surface area (TPSA) is 118 Å². The highest BCUT2D eigenvalue weighted by atomic mass is 16.6. The van der Waals surface area contributed by atoms with Gasteiger partial charge >= 0.3 is 18.3 Å². The Hall–Kier alpha value is -3.77. The lowest BCUT2D eigenvalue weighted by atomic mass is 9.98. The Kier molecular flexibility index (Phi) is 6.72. The number of Topliss-reactive ketones (excluding diaryl/α,β-unsaturated/α-hetero) is 1. The largest absolute Gasteiger partial charge is 0.467 e. The molecule has 1 atom stereocenters. The van der Waals surface area contributed by atoms with E-state index in [1.54, 1.807) is 0 Å². The molecule has 30 heavy (non-hydrogen) atoms. The van der Waals surface area contributed by atoms with Gasteiger partial charge in [-0.05, 0) is 28.7 Å². The lowest BCUT2D eigenvalue weighted by molar-refractivity contribution is -0.143. The number of nitrogens with one attached hydrogen (secondary N) is 1. The molecule has 0 spiro atoms. The van der Waals surface area contributed by atoms with E-state index in [1.807, 2.05) is 48.5 Å². The summed E-state index contributed by atoms with van der Waals surface area (Å²) in [7, 11) is 1.19. The second-order valence-corrected chi connectivity index (χ2v) is 6.80. The van der Waals surface area contributed by atoms with Crippen molar-refractivity contribution in [3.8, 4) is 11.1 Å². The predicted octanol–water partition coefficient (Wildman–Crippen LogP) is 2.72. The average molecular weight is 407 g/mol. The van der Waals surface area contributed by atoms with Crippen LogP contribution in [0.4, 0.5) is 4.79 Å². The Morgan fingerprint density at radius 1 is 1.10 bits per heavy atom. The standard InChI is InChI=1S/C22H21N3O5/c1-29-21(27)20(11-10-14(26)12-24-23)25-22(28)30-13-19-17-8-4-2-6-15(17)16-7-3-5-9-18(16)19/h2-9,12,19-20H,10-11,13H2,1H3,(H,25,28)/t20-/m0/s1. The normalized spacial score (nSPS) is 12.7. The number of benzene rings is 2. The molecule has 3 rings (SSSR count). The van der Waals surface area contributed by atoms with Crippen molar-refractivity contribution in [2.75, 3.05) is 13.7 Å². The van der Waals surface area contributed by atoms with E-state index < -0.39 is 23.9 Å². The molecule has 0 saturated carbocycles. The second-order valence-electron chi connectivity index (χ2n) is 6.80. The first-order valence-electron chi connectivity index (χ1n) is 9.44. The molecule has 0 aliphatic heterocycles. The van der Waals surface area contributed by atoms with Gasteiger partial charge in [0, 0.05) is 12.3 Å². The van der Waals surface area contributed by atoms with Crippen molar-refractivity contribution in [2.24, 2.45) is 0 Å². The average Bonchev–Trinajstić information content (AvgIpc) is 3.08. The van der Waals surface area contributed by atoms with E-state index in [4.69, 9.17) is 10.3 Å². The highest BCUT2D eigenvalue weighted by Gasteiger charge is 2.30. The summed E-state index contributed by atoms with van der Waals surface area (Å²) in [6.07, 6.45) is -0.160. The molecule has 1 aliphatic carbocycles. The van der Waals surface area contributed by atoms with E-state index in [-0.39, 0.29) is 25.4 Å². The number of carbonyl (C=O) groups excluding carboxylic acids is 3.